The molecule has 0 unspecified atom stereocenters. The van der Waals surface area contributed by atoms with Crippen molar-refractivity contribution in [2.24, 2.45) is 7.05 Å². The van der Waals surface area contributed by atoms with Crippen LogP contribution in [0.25, 0.3) is 27.5 Å². The Morgan fingerprint density at radius 3 is 2.35 bits per heavy atom. The average Bonchev–Trinajstić information content (AvgIpc) is 3.20. The van der Waals surface area contributed by atoms with Gasteiger partial charge in [-0.1, -0.05) is 54.6 Å². The Balaban J connectivity index is 1.21. The summed E-state index contributed by atoms with van der Waals surface area (Å²) >= 11 is 5.79. The second-order valence-electron chi connectivity index (χ2n) is 8.97. The van der Waals surface area contributed by atoms with Crippen LogP contribution in [0.15, 0.2) is 71.5 Å². The molecule has 7 nitrogen and oxygen atoms in total. The van der Waals surface area contributed by atoms with Crippen molar-refractivity contribution in [2.45, 2.75) is 13.2 Å². The number of rotatable bonds is 4. The zero-order chi connectivity index (χ0) is 23.2. The fourth-order valence-corrected chi connectivity index (χ4v) is 5.27. The third-order valence-corrected chi connectivity index (χ3v) is 7.27. The van der Waals surface area contributed by atoms with E-state index in [4.69, 9.17) is 17.3 Å². The number of hydrogen-bond donors (Lipinski definition) is 0. The van der Waals surface area contributed by atoms with E-state index in [1.54, 1.807) is 11.6 Å². The van der Waals surface area contributed by atoms with Crippen LogP contribution in [0.2, 0.25) is 0 Å². The lowest BCUT2D eigenvalue weighted by Crippen LogP contribution is -2.46. The third kappa shape index (κ3) is 3.55. The summed E-state index contributed by atoms with van der Waals surface area (Å²) in [5.74, 6) is 0.572. The molecule has 34 heavy (non-hydrogen) atoms. The minimum Gasteiger partial charge on any atom is -0.297 e. The second-order valence-corrected chi connectivity index (χ2v) is 9.34. The summed E-state index contributed by atoms with van der Waals surface area (Å²) in [7, 11) is 1.75. The van der Waals surface area contributed by atoms with Crippen molar-refractivity contribution >= 4 is 39.7 Å². The first-order valence-electron chi connectivity index (χ1n) is 11.6. The molecule has 0 N–H and O–H groups in total. The first kappa shape index (κ1) is 21.2. The van der Waals surface area contributed by atoms with Gasteiger partial charge in [0.1, 0.15) is 0 Å². The number of nitrogens with zero attached hydrogens (tertiary/aromatic N) is 6. The van der Waals surface area contributed by atoms with Crippen molar-refractivity contribution < 1.29 is 0 Å². The maximum absolute atomic E-state index is 12.8. The minimum atomic E-state index is -0.0581. The summed E-state index contributed by atoms with van der Waals surface area (Å²) in [6.45, 7) is 5.44. The molecule has 1 aliphatic rings. The Morgan fingerprint density at radius 2 is 1.53 bits per heavy atom. The maximum atomic E-state index is 12.8. The van der Waals surface area contributed by atoms with Gasteiger partial charge in [0.15, 0.2) is 0 Å². The van der Waals surface area contributed by atoms with E-state index in [1.807, 2.05) is 33.3 Å². The zero-order valence-corrected chi connectivity index (χ0v) is 19.9. The van der Waals surface area contributed by atoms with Gasteiger partial charge in [0.25, 0.3) is 5.56 Å². The van der Waals surface area contributed by atoms with E-state index in [0.717, 1.165) is 38.2 Å². The Bertz CT molecular complexity index is 1640. The zero-order valence-electron chi connectivity index (χ0n) is 19.1. The monoisotopic (exact) mass is 470 g/mol. The van der Waals surface area contributed by atoms with Crippen LogP contribution in [0.3, 0.4) is 0 Å². The van der Waals surface area contributed by atoms with Gasteiger partial charge < -0.3 is 0 Å². The lowest BCUT2D eigenvalue weighted by Gasteiger charge is -2.34. The molecule has 0 amide bonds. The molecule has 8 heteroatoms. The van der Waals surface area contributed by atoms with Gasteiger partial charge >= 0.3 is 0 Å². The quantitative estimate of drug-likeness (QED) is 0.376. The van der Waals surface area contributed by atoms with Gasteiger partial charge in [0, 0.05) is 39.8 Å². The Labute approximate surface area is 202 Å². The average molecular weight is 471 g/mol. The molecule has 3 heterocycles. The smallest absolute Gasteiger partial charge is 0.262 e. The van der Waals surface area contributed by atoms with Gasteiger partial charge in [-0.15, -0.1) is 5.10 Å². The minimum absolute atomic E-state index is 0.0581. The van der Waals surface area contributed by atoms with E-state index in [2.05, 4.69) is 52.3 Å². The molecule has 1 fully saturated rings. The molecule has 6 rings (SSSR count). The molecule has 1 saturated heterocycles. The molecular weight excluding hydrogens is 444 g/mol. The number of benzene rings is 3. The predicted molar refractivity (Wildman–Crippen MR) is 138 cm³/mol. The summed E-state index contributed by atoms with van der Waals surface area (Å²) in [5, 5.41) is 8.00. The molecule has 0 atom stereocenters. The van der Waals surface area contributed by atoms with E-state index in [-0.39, 0.29) is 5.56 Å². The number of fused-ring (bicyclic) bond motifs is 4. The fourth-order valence-electron chi connectivity index (χ4n) is 4.99. The van der Waals surface area contributed by atoms with E-state index in [9.17, 15) is 4.79 Å². The van der Waals surface area contributed by atoms with Crippen LogP contribution in [0, 0.1) is 4.77 Å². The summed E-state index contributed by atoms with van der Waals surface area (Å²) in [4.78, 5) is 17.7. The van der Waals surface area contributed by atoms with Crippen LogP contribution in [0.4, 0.5) is 0 Å². The SMILES string of the molecule is Cn1c(=O)c2ccccc2n2c(=S)n(CN3CCN(Cc4cccc5ccccc45)CC3)nc12. The molecule has 0 aliphatic carbocycles. The normalized spacial score (nSPS) is 15.6. The number of piperazine rings is 1. The van der Waals surface area contributed by atoms with Crippen molar-refractivity contribution in [2.75, 3.05) is 26.2 Å². The molecule has 0 spiro atoms. The van der Waals surface area contributed by atoms with Crippen molar-refractivity contribution in [3.05, 3.63) is 87.4 Å². The highest BCUT2D eigenvalue weighted by molar-refractivity contribution is 7.71. The molecule has 172 valence electrons. The first-order chi connectivity index (χ1) is 16.6. The van der Waals surface area contributed by atoms with E-state index < -0.39 is 0 Å². The molecule has 0 radical (unpaired) electrons. The summed E-state index contributed by atoms with van der Waals surface area (Å²) in [5.41, 5.74) is 2.12. The highest BCUT2D eigenvalue weighted by Gasteiger charge is 2.20. The number of aromatic nitrogens is 4. The number of aryl methyl sites for hydroxylation is 1. The molecule has 2 aromatic heterocycles. The van der Waals surface area contributed by atoms with Gasteiger partial charge in [0.2, 0.25) is 10.5 Å². The van der Waals surface area contributed by atoms with E-state index >= 15 is 0 Å². The standard InChI is InChI=1S/C26H26N6OS/c1-28-24(33)22-11-4-5-12-23(22)32-25(28)27-31(26(32)34)18-30-15-13-29(14-16-30)17-20-9-6-8-19-7-2-3-10-21(19)20/h2-12H,13-18H2,1H3. The lowest BCUT2D eigenvalue weighted by atomic mass is 10.0. The van der Waals surface area contributed by atoms with E-state index in [1.165, 1.54) is 16.3 Å². The molecule has 5 aromatic rings. The van der Waals surface area contributed by atoms with Crippen LogP contribution in [-0.4, -0.2) is 54.7 Å². The second kappa shape index (κ2) is 8.47. The van der Waals surface area contributed by atoms with Gasteiger partial charge in [0.05, 0.1) is 17.6 Å². The highest BCUT2D eigenvalue weighted by Crippen LogP contribution is 2.21. The molecular formula is C26H26N6OS. The van der Waals surface area contributed by atoms with Gasteiger partial charge in [-0.2, -0.15) is 0 Å². The molecule has 3 aromatic carbocycles. The predicted octanol–water partition coefficient (Wildman–Crippen LogP) is 3.65. The van der Waals surface area contributed by atoms with E-state index in [0.29, 0.717) is 22.6 Å². The highest BCUT2D eigenvalue weighted by atomic mass is 32.1. The van der Waals surface area contributed by atoms with Crippen LogP contribution >= 0.6 is 12.2 Å². The van der Waals surface area contributed by atoms with Crippen molar-refractivity contribution in [3.8, 4) is 0 Å². The first-order valence-corrected chi connectivity index (χ1v) is 12.0. The van der Waals surface area contributed by atoms with Crippen molar-refractivity contribution in [1.29, 1.82) is 0 Å². The summed E-state index contributed by atoms with van der Waals surface area (Å²) in [6, 6.07) is 22.7. The molecule has 1 aliphatic heterocycles. The van der Waals surface area contributed by atoms with Gasteiger partial charge in [-0.05, 0) is 40.7 Å². The third-order valence-electron chi connectivity index (χ3n) is 6.87. The Morgan fingerprint density at radius 1 is 0.853 bits per heavy atom. The topological polar surface area (TPSA) is 50.7 Å². The Kier molecular flexibility index (Phi) is 5.28. The van der Waals surface area contributed by atoms with Crippen LogP contribution in [-0.2, 0) is 20.3 Å². The van der Waals surface area contributed by atoms with Gasteiger partial charge in [-0.25, -0.2) is 4.68 Å². The van der Waals surface area contributed by atoms with Gasteiger partial charge in [-0.3, -0.25) is 23.6 Å². The number of para-hydroxylation sites is 1. The summed E-state index contributed by atoms with van der Waals surface area (Å²) in [6.07, 6.45) is 0. The fraction of sp³-hybridized carbons (Fsp3) is 0.269. The van der Waals surface area contributed by atoms with Crippen LogP contribution in [0.5, 0.6) is 0 Å². The van der Waals surface area contributed by atoms with Crippen molar-refractivity contribution in [1.82, 2.24) is 28.5 Å². The maximum Gasteiger partial charge on any atom is 0.262 e. The van der Waals surface area contributed by atoms with Crippen molar-refractivity contribution in [3.63, 3.8) is 0 Å². The van der Waals surface area contributed by atoms with Crippen LogP contribution < -0.4 is 5.56 Å². The molecule has 0 saturated carbocycles. The largest absolute Gasteiger partial charge is 0.297 e. The number of hydrogen-bond acceptors (Lipinski definition) is 5. The molecule has 0 bridgehead atoms. The van der Waals surface area contributed by atoms with Crippen LogP contribution in [0.1, 0.15) is 5.56 Å². The summed E-state index contributed by atoms with van der Waals surface area (Å²) < 4.78 is 5.94. The Hall–Kier alpha value is -3.33. The lowest BCUT2D eigenvalue weighted by molar-refractivity contribution is 0.0985.